The molecule has 1 fully saturated rings. The molecule has 1 aliphatic carbocycles. The van der Waals surface area contributed by atoms with Gasteiger partial charge in [0.05, 0.1) is 10.0 Å². The van der Waals surface area contributed by atoms with Gasteiger partial charge in [-0.15, -0.1) is 0 Å². The van der Waals surface area contributed by atoms with Gasteiger partial charge in [0.25, 0.3) is 0 Å². The highest BCUT2D eigenvalue weighted by Gasteiger charge is 2.21. The van der Waals surface area contributed by atoms with Gasteiger partial charge in [-0.25, -0.2) is 15.0 Å². The highest BCUT2D eigenvalue weighted by atomic mass is 35.5. The molecule has 1 aliphatic rings. The van der Waals surface area contributed by atoms with Crippen molar-refractivity contribution in [2.24, 2.45) is 0 Å². The Morgan fingerprint density at radius 2 is 1.86 bits per heavy atom. The Balaban J connectivity index is 1.92. The Hall–Kier alpha value is -1.23. The van der Waals surface area contributed by atoms with Crippen LogP contribution in [0.25, 0.3) is 11.5 Å². The van der Waals surface area contributed by atoms with Gasteiger partial charge in [-0.1, -0.05) is 23.2 Å². The van der Waals surface area contributed by atoms with E-state index in [-0.39, 0.29) is 0 Å². The van der Waals surface area contributed by atoms with Crippen LogP contribution in [-0.4, -0.2) is 21.0 Å². The van der Waals surface area contributed by atoms with E-state index in [2.05, 4.69) is 20.3 Å². The zero-order chi connectivity index (χ0) is 15.0. The topological polar surface area (TPSA) is 50.7 Å². The van der Waals surface area contributed by atoms with Gasteiger partial charge in [0.15, 0.2) is 5.82 Å². The van der Waals surface area contributed by atoms with E-state index >= 15 is 0 Å². The second kappa shape index (κ2) is 5.87. The van der Waals surface area contributed by atoms with Gasteiger partial charge in [0.1, 0.15) is 5.69 Å². The number of hydrogen-bond donors (Lipinski definition) is 1. The van der Waals surface area contributed by atoms with Crippen LogP contribution in [0.5, 0.6) is 0 Å². The number of hydrogen-bond acceptors (Lipinski definition) is 4. The predicted molar refractivity (Wildman–Crippen MR) is 84.6 cm³/mol. The summed E-state index contributed by atoms with van der Waals surface area (Å²) >= 11 is 12.1. The smallest absolute Gasteiger partial charge is 0.180 e. The molecule has 1 N–H and O–H groups in total. The van der Waals surface area contributed by atoms with Crippen molar-refractivity contribution in [2.45, 2.75) is 39.3 Å². The number of nitrogens with zero attached hydrogens (tertiary/aromatic N) is 3. The summed E-state index contributed by atoms with van der Waals surface area (Å²) in [6.07, 6.45) is 4.09. The van der Waals surface area contributed by atoms with Gasteiger partial charge in [0.2, 0.25) is 0 Å². The zero-order valence-electron chi connectivity index (χ0n) is 12.0. The molecule has 0 aromatic carbocycles. The minimum atomic E-state index is 0.463. The summed E-state index contributed by atoms with van der Waals surface area (Å²) in [5, 5.41) is 4.46. The summed E-state index contributed by atoms with van der Waals surface area (Å²) in [6.45, 7) is 4.79. The van der Waals surface area contributed by atoms with Crippen molar-refractivity contribution < 1.29 is 0 Å². The van der Waals surface area contributed by atoms with Crippen LogP contribution in [-0.2, 0) is 6.54 Å². The quantitative estimate of drug-likeness (QED) is 0.932. The van der Waals surface area contributed by atoms with Crippen molar-refractivity contribution in [3.63, 3.8) is 0 Å². The fraction of sp³-hybridized carbons (Fsp3) is 0.400. The molecule has 0 radical (unpaired) electrons. The van der Waals surface area contributed by atoms with E-state index in [1.54, 1.807) is 12.3 Å². The number of aryl methyl sites for hydroxylation is 2. The molecular weight excluding hydrogens is 307 g/mol. The highest BCUT2D eigenvalue weighted by Crippen LogP contribution is 2.27. The molecular formula is C15H16Cl2N4. The first kappa shape index (κ1) is 14.7. The van der Waals surface area contributed by atoms with Crippen LogP contribution in [0.3, 0.4) is 0 Å². The molecule has 110 valence electrons. The van der Waals surface area contributed by atoms with E-state index in [1.165, 1.54) is 12.8 Å². The van der Waals surface area contributed by atoms with E-state index in [0.717, 1.165) is 23.5 Å². The second-order valence-electron chi connectivity index (χ2n) is 5.34. The summed E-state index contributed by atoms with van der Waals surface area (Å²) in [5.74, 6) is 0.543. The Labute approximate surface area is 133 Å². The Bertz CT molecular complexity index is 660. The molecule has 2 heterocycles. The summed E-state index contributed by atoms with van der Waals surface area (Å²) in [4.78, 5) is 13.3. The fourth-order valence-electron chi connectivity index (χ4n) is 2.21. The van der Waals surface area contributed by atoms with Crippen molar-refractivity contribution in [1.82, 2.24) is 20.3 Å². The van der Waals surface area contributed by atoms with Gasteiger partial charge < -0.3 is 5.32 Å². The summed E-state index contributed by atoms with van der Waals surface area (Å²) < 4.78 is 0. The minimum absolute atomic E-state index is 0.463. The van der Waals surface area contributed by atoms with Crippen molar-refractivity contribution >= 4 is 23.2 Å². The first-order valence-electron chi connectivity index (χ1n) is 6.93. The Kier molecular flexibility index (Phi) is 4.11. The maximum atomic E-state index is 6.18. The number of aromatic nitrogens is 3. The lowest BCUT2D eigenvalue weighted by molar-refractivity contribution is 0.675. The maximum absolute atomic E-state index is 6.18. The fourth-order valence-corrected chi connectivity index (χ4v) is 2.68. The second-order valence-corrected chi connectivity index (χ2v) is 6.18. The summed E-state index contributed by atoms with van der Waals surface area (Å²) in [5.41, 5.74) is 3.63. The first-order chi connectivity index (χ1) is 10.0. The lowest BCUT2D eigenvalue weighted by Gasteiger charge is -2.12. The van der Waals surface area contributed by atoms with E-state index in [4.69, 9.17) is 23.2 Å². The lowest BCUT2D eigenvalue weighted by Crippen LogP contribution is -2.18. The molecule has 0 amide bonds. The average molecular weight is 323 g/mol. The third-order valence-electron chi connectivity index (χ3n) is 3.59. The van der Waals surface area contributed by atoms with Crippen LogP contribution in [0.15, 0.2) is 12.3 Å². The largest absolute Gasteiger partial charge is 0.310 e. The van der Waals surface area contributed by atoms with Crippen LogP contribution in [0.4, 0.5) is 0 Å². The molecule has 2 aromatic heterocycles. The molecule has 0 unspecified atom stereocenters. The molecule has 0 bridgehead atoms. The molecule has 0 spiro atoms. The molecule has 0 aliphatic heterocycles. The number of nitrogens with one attached hydrogen (secondary N) is 1. The highest BCUT2D eigenvalue weighted by molar-refractivity contribution is 6.35. The molecule has 6 heteroatoms. The summed E-state index contributed by atoms with van der Waals surface area (Å²) in [7, 11) is 0. The Morgan fingerprint density at radius 3 is 2.43 bits per heavy atom. The van der Waals surface area contributed by atoms with Gasteiger partial charge in [-0.3, -0.25) is 0 Å². The molecule has 3 rings (SSSR count). The van der Waals surface area contributed by atoms with Crippen LogP contribution in [0.1, 0.15) is 29.8 Å². The van der Waals surface area contributed by atoms with Gasteiger partial charge >= 0.3 is 0 Å². The normalized spacial score (nSPS) is 14.5. The van der Waals surface area contributed by atoms with Crippen LogP contribution in [0.2, 0.25) is 10.0 Å². The monoisotopic (exact) mass is 322 g/mol. The van der Waals surface area contributed by atoms with E-state index < -0.39 is 0 Å². The van der Waals surface area contributed by atoms with Gasteiger partial charge in [0, 0.05) is 35.7 Å². The lowest BCUT2D eigenvalue weighted by atomic mass is 10.1. The Morgan fingerprint density at radius 1 is 1.19 bits per heavy atom. The van der Waals surface area contributed by atoms with Gasteiger partial charge in [-0.05, 0) is 32.8 Å². The predicted octanol–water partition coefficient (Wildman–Crippen LogP) is 3.71. The van der Waals surface area contributed by atoms with Crippen LogP contribution >= 0.6 is 23.2 Å². The van der Waals surface area contributed by atoms with Crippen molar-refractivity contribution in [1.29, 1.82) is 0 Å². The third-order valence-corrected chi connectivity index (χ3v) is 4.08. The van der Waals surface area contributed by atoms with E-state index in [9.17, 15) is 0 Å². The molecule has 0 atom stereocenters. The standard InChI is InChI=1S/C15H16Cl2N4/c1-8-12(7-18-11-3-4-11)9(2)21-15(20-8)14-13(17)5-10(16)6-19-14/h5-6,11,18H,3-4,7H2,1-2H3. The molecule has 0 saturated heterocycles. The number of pyridine rings is 1. The van der Waals surface area contributed by atoms with Crippen molar-refractivity contribution in [3.05, 3.63) is 39.3 Å². The molecule has 2 aromatic rings. The number of rotatable bonds is 4. The van der Waals surface area contributed by atoms with E-state index in [1.807, 2.05) is 13.8 Å². The third kappa shape index (κ3) is 3.34. The van der Waals surface area contributed by atoms with Gasteiger partial charge in [-0.2, -0.15) is 0 Å². The molecule has 4 nitrogen and oxygen atoms in total. The zero-order valence-corrected chi connectivity index (χ0v) is 13.5. The molecule has 1 saturated carbocycles. The van der Waals surface area contributed by atoms with Crippen molar-refractivity contribution in [3.8, 4) is 11.5 Å². The maximum Gasteiger partial charge on any atom is 0.180 e. The van der Waals surface area contributed by atoms with Crippen molar-refractivity contribution in [2.75, 3.05) is 0 Å². The first-order valence-corrected chi connectivity index (χ1v) is 7.69. The van der Waals surface area contributed by atoms with Crippen LogP contribution < -0.4 is 5.32 Å². The minimum Gasteiger partial charge on any atom is -0.310 e. The average Bonchev–Trinajstić information content (AvgIpc) is 3.21. The van der Waals surface area contributed by atoms with E-state index in [0.29, 0.717) is 27.6 Å². The number of halogens is 2. The molecule has 21 heavy (non-hydrogen) atoms. The SMILES string of the molecule is Cc1nc(-c2ncc(Cl)cc2Cl)nc(C)c1CNC1CC1. The summed E-state index contributed by atoms with van der Waals surface area (Å²) in [6, 6.07) is 2.32. The van der Waals surface area contributed by atoms with Crippen LogP contribution in [0, 0.1) is 13.8 Å².